The first kappa shape index (κ1) is 17.9. The first-order chi connectivity index (χ1) is 12.4. The van der Waals surface area contributed by atoms with Gasteiger partial charge >= 0.3 is 6.61 Å². The van der Waals surface area contributed by atoms with Gasteiger partial charge in [0.1, 0.15) is 5.75 Å². The van der Waals surface area contributed by atoms with E-state index in [1.807, 2.05) is 30.3 Å². The Balaban J connectivity index is 1.87. The highest BCUT2D eigenvalue weighted by Gasteiger charge is 2.18. The lowest BCUT2D eigenvalue weighted by molar-refractivity contribution is -0.0501. The fraction of sp³-hybridized carbons (Fsp3) is 0.111. The topological polar surface area (TPSA) is 56.2 Å². The Morgan fingerprint density at radius 1 is 1.23 bits per heavy atom. The molecule has 0 bridgehead atoms. The Labute approximate surface area is 153 Å². The van der Waals surface area contributed by atoms with Crippen LogP contribution in [-0.4, -0.2) is 22.3 Å². The maximum Gasteiger partial charge on any atom is 0.387 e. The van der Waals surface area contributed by atoms with Crippen molar-refractivity contribution >= 4 is 23.3 Å². The molecule has 0 saturated carbocycles. The molecule has 3 rings (SSSR count). The predicted molar refractivity (Wildman–Crippen MR) is 94.3 cm³/mol. The van der Waals surface area contributed by atoms with Crippen LogP contribution in [0.1, 0.15) is 15.9 Å². The summed E-state index contributed by atoms with van der Waals surface area (Å²) in [6.45, 7) is -1.28. The number of hydrogen-bond donors (Lipinski definition) is 1. The third-order valence-corrected chi connectivity index (χ3v) is 3.79. The van der Waals surface area contributed by atoms with Crippen molar-refractivity contribution in [1.29, 1.82) is 0 Å². The van der Waals surface area contributed by atoms with Crippen molar-refractivity contribution in [3.8, 4) is 11.4 Å². The van der Waals surface area contributed by atoms with Crippen LogP contribution in [0, 0.1) is 6.92 Å². The van der Waals surface area contributed by atoms with Gasteiger partial charge in [-0.1, -0.05) is 29.8 Å². The van der Waals surface area contributed by atoms with Crippen LogP contribution in [0.4, 0.5) is 14.6 Å². The summed E-state index contributed by atoms with van der Waals surface area (Å²) >= 11 is 5.87. The highest BCUT2D eigenvalue weighted by atomic mass is 35.5. The second-order valence-electron chi connectivity index (χ2n) is 5.41. The highest BCUT2D eigenvalue weighted by molar-refractivity contribution is 6.31. The zero-order chi connectivity index (χ0) is 18.7. The number of hydrogen-bond acceptors (Lipinski definition) is 3. The van der Waals surface area contributed by atoms with Crippen molar-refractivity contribution in [2.75, 3.05) is 5.32 Å². The number of carbonyl (C=O) groups is 1. The van der Waals surface area contributed by atoms with E-state index in [9.17, 15) is 13.6 Å². The fourth-order valence-electron chi connectivity index (χ4n) is 2.35. The minimum atomic E-state index is -3.05. The Bertz CT molecular complexity index is 929. The summed E-state index contributed by atoms with van der Waals surface area (Å²) in [4.78, 5) is 12.5. The number of halogens is 3. The van der Waals surface area contributed by atoms with Gasteiger partial charge in [-0.3, -0.25) is 4.79 Å². The van der Waals surface area contributed by atoms with Gasteiger partial charge < -0.3 is 10.1 Å². The number of para-hydroxylation sites is 1. The molecule has 0 saturated heterocycles. The second kappa shape index (κ2) is 7.53. The van der Waals surface area contributed by atoms with Crippen LogP contribution in [0.25, 0.3) is 5.69 Å². The molecule has 0 fully saturated rings. The predicted octanol–water partition coefficient (Wildman–Crippen LogP) is 4.69. The van der Waals surface area contributed by atoms with E-state index in [0.29, 0.717) is 11.4 Å². The minimum absolute atomic E-state index is 0.105. The summed E-state index contributed by atoms with van der Waals surface area (Å²) < 4.78 is 31.1. The van der Waals surface area contributed by atoms with E-state index in [0.717, 1.165) is 5.69 Å². The first-order valence-electron chi connectivity index (χ1n) is 7.61. The van der Waals surface area contributed by atoms with Crippen molar-refractivity contribution < 1.29 is 18.3 Å². The number of anilines is 1. The number of carbonyl (C=O) groups excluding carboxylic acids is 1. The van der Waals surface area contributed by atoms with Crippen LogP contribution >= 0.6 is 11.6 Å². The van der Waals surface area contributed by atoms with Gasteiger partial charge in [-0.2, -0.15) is 8.78 Å². The van der Waals surface area contributed by atoms with E-state index >= 15 is 0 Å². The molecule has 134 valence electrons. The number of amides is 1. The largest absolute Gasteiger partial charge is 0.434 e. The third kappa shape index (κ3) is 4.00. The summed E-state index contributed by atoms with van der Waals surface area (Å²) in [6.07, 6.45) is 1.75. The van der Waals surface area contributed by atoms with Gasteiger partial charge in [0, 0.05) is 16.8 Å². The highest BCUT2D eigenvalue weighted by Crippen LogP contribution is 2.26. The quantitative estimate of drug-likeness (QED) is 0.702. The number of nitrogens with one attached hydrogen (secondary N) is 1. The number of aromatic nitrogens is 2. The lowest BCUT2D eigenvalue weighted by Gasteiger charge is -2.11. The smallest absolute Gasteiger partial charge is 0.387 e. The van der Waals surface area contributed by atoms with Crippen LogP contribution in [0.2, 0.25) is 5.02 Å². The molecule has 3 aromatic rings. The molecule has 1 N–H and O–H groups in total. The number of ether oxygens (including phenoxy) is 1. The van der Waals surface area contributed by atoms with E-state index in [1.54, 1.807) is 17.8 Å². The maximum absolute atomic E-state index is 12.5. The van der Waals surface area contributed by atoms with Crippen LogP contribution in [0.15, 0.2) is 54.7 Å². The zero-order valence-corrected chi connectivity index (χ0v) is 14.4. The van der Waals surface area contributed by atoms with Crippen molar-refractivity contribution in [2.45, 2.75) is 13.5 Å². The van der Waals surface area contributed by atoms with E-state index in [4.69, 9.17) is 11.6 Å². The van der Waals surface area contributed by atoms with Crippen LogP contribution in [0.5, 0.6) is 5.75 Å². The first-order valence-corrected chi connectivity index (χ1v) is 7.99. The van der Waals surface area contributed by atoms with Gasteiger partial charge in [-0.15, -0.1) is 5.10 Å². The SMILES string of the molecule is Cc1cn(-c2ccccc2)nc1NC(=O)c1cc(Cl)ccc1OC(F)F. The molecule has 0 aliphatic rings. The third-order valence-electron chi connectivity index (χ3n) is 3.55. The van der Waals surface area contributed by atoms with Crippen LogP contribution in [-0.2, 0) is 0 Å². The van der Waals surface area contributed by atoms with Crippen molar-refractivity contribution in [3.63, 3.8) is 0 Å². The normalized spacial score (nSPS) is 10.8. The Morgan fingerprint density at radius 2 is 1.96 bits per heavy atom. The molecule has 0 unspecified atom stereocenters. The maximum atomic E-state index is 12.5. The average Bonchev–Trinajstić information content (AvgIpc) is 2.97. The molecule has 5 nitrogen and oxygen atoms in total. The summed E-state index contributed by atoms with van der Waals surface area (Å²) in [5.74, 6) is -0.603. The standard InChI is InChI=1S/C18H14ClF2N3O2/c1-11-10-24(13-5-3-2-4-6-13)23-16(11)22-17(25)14-9-12(19)7-8-15(14)26-18(20)21/h2-10,18H,1H3,(H,22,23,25). The minimum Gasteiger partial charge on any atom is -0.434 e. The van der Waals surface area contributed by atoms with Crippen molar-refractivity contribution in [2.24, 2.45) is 0 Å². The Morgan fingerprint density at radius 3 is 2.65 bits per heavy atom. The molecule has 26 heavy (non-hydrogen) atoms. The number of alkyl halides is 2. The van der Waals surface area contributed by atoms with Gasteiger partial charge in [-0.25, -0.2) is 4.68 Å². The van der Waals surface area contributed by atoms with Crippen molar-refractivity contribution in [3.05, 3.63) is 70.9 Å². The Kier molecular flexibility index (Phi) is 5.18. The summed E-state index contributed by atoms with van der Waals surface area (Å²) in [5.41, 5.74) is 1.42. The zero-order valence-electron chi connectivity index (χ0n) is 13.6. The van der Waals surface area contributed by atoms with E-state index < -0.39 is 12.5 Å². The van der Waals surface area contributed by atoms with Gasteiger partial charge in [-0.05, 0) is 37.3 Å². The van der Waals surface area contributed by atoms with E-state index in [2.05, 4.69) is 15.2 Å². The fourth-order valence-corrected chi connectivity index (χ4v) is 2.52. The molecule has 0 radical (unpaired) electrons. The van der Waals surface area contributed by atoms with Gasteiger partial charge in [0.15, 0.2) is 5.82 Å². The Hall–Kier alpha value is -2.93. The van der Waals surface area contributed by atoms with Gasteiger partial charge in [0.25, 0.3) is 5.91 Å². The summed E-state index contributed by atoms with van der Waals surface area (Å²) in [7, 11) is 0. The molecule has 0 aliphatic heterocycles. The monoisotopic (exact) mass is 377 g/mol. The molecule has 0 atom stereocenters. The lowest BCUT2D eigenvalue weighted by Crippen LogP contribution is -2.16. The number of benzene rings is 2. The molecule has 0 aliphatic carbocycles. The van der Waals surface area contributed by atoms with Gasteiger partial charge in [0.2, 0.25) is 0 Å². The molecule has 1 aromatic heterocycles. The second-order valence-corrected chi connectivity index (χ2v) is 5.85. The molecular formula is C18H14ClF2N3O2. The van der Waals surface area contributed by atoms with Gasteiger partial charge in [0.05, 0.1) is 11.3 Å². The number of rotatable bonds is 5. The number of nitrogens with zero attached hydrogens (tertiary/aromatic N) is 2. The molecular weight excluding hydrogens is 364 g/mol. The van der Waals surface area contributed by atoms with Crippen molar-refractivity contribution in [1.82, 2.24) is 9.78 Å². The summed E-state index contributed by atoms with van der Waals surface area (Å²) in [5, 5.41) is 7.15. The molecule has 0 spiro atoms. The average molecular weight is 378 g/mol. The molecule has 1 amide bonds. The molecule has 8 heteroatoms. The van der Waals surface area contributed by atoms with E-state index in [-0.39, 0.29) is 16.3 Å². The molecule has 2 aromatic carbocycles. The molecule has 1 heterocycles. The van der Waals surface area contributed by atoms with Crippen LogP contribution < -0.4 is 10.1 Å². The summed E-state index contributed by atoms with van der Waals surface area (Å²) in [6, 6.07) is 13.2. The van der Waals surface area contributed by atoms with E-state index in [1.165, 1.54) is 18.2 Å². The number of aryl methyl sites for hydroxylation is 1. The lowest BCUT2D eigenvalue weighted by atomic mass is 10.2. The van der Waals surface area contributed by atoms with Crippen LogP contribution in [0.3, 0.4) is 0 Å².